The van der Waals surface area contributed by atoms with E-state index in [1.807, 2.05) is 18.2 Å². The minimum Gasteiger partial charge on any atom is -0.399 e. The van der Waals surface area contributed by atoms with Gasteiger partial charge in [0, 0.05) is 24.7 Å². The maximum absolute atomic E-state index is 9.30. The van der Waals surface area contributed by atoms with Gasteiger partial charge in [-0.05, 0) is 37.6 Å². The number of anilines is 1. The molecule has 19 heavy (non-hydrogen) atoms. The normalized spacial score (nSPS) is 20.4. The smallest absolute Gasteiger partial charge is 0.108 e. The molecule has 5 nitrogen and oxygen atoms in total. The van der Waals surface area contributed by atoms with Crippen molar-refractivity contribution in [3.05, 3.63) is 24.0 Å². The van der Waals surface area contributed by atoms with Gasteiger partial charge in [-0.25, -0.2) is 4.98 Å². The highest BCUT2D eigenvalue weighted by molar-refractivity contribution is 5.78. The van der Waals surface area contributed by atoms with E-state index in [-0.39, 0.29) is 6.61 Å². The molecule has 1 atom stereocenters. The summed E-state index contributed by atoms with van der Waals surface area (Å²) in [5.41, 5.74) is 8.47. The Labute approximate surface area is 112 Å². The zero-order chi connectivity index (χ0) is 13.2. The molecule has 2 aromatic rings. The second-order valence-electron chi connectivity index (χ2n) is 5.22. The molecule has 2 heterocycles. The quantitative estimate of drug-likeness (QED) is 0.720. The molecule has 1 saturated heterocycles. The highest BCUT2D eigenvalue weighted by atomic mass is 16.3. The molecule has 5 heteroatoms. The number of nitrogens with one attached hydrogen (secondary N) is 1. The van der Waals surface area contributed by atoms with Crippen LogP contribution >= 0.6 is 0 Å². The van der Waals surface area contributed by atoms with Crippen molar-refractivity contribution in [3.8, 4) is 0 Å². The van der Waals surface area contributed by atoms with Crippen molar-refractivity contribution in [1.82, 2.24) is 14.9 Å². The number of nitrogen functional groups attached to an aromatic ring is 1. The number of aliphatic hydroxyl groups is 1. The van der Waals surface area contributed by atoms with Gasteiger partial charge in [0.05, 0.1) is 17.6 Å². The molecular weight excluding hydrogens is 240 g/mol. The summed E-state index contributed by atoms with van der Waals surface area (Å²) in [6, 6.07) is 6.06. The van der Waals surface area contributed by atoms with E-state index in [9.17, 15) is 5.11 Å². The Morgan fingerprint density at radius 1 is 1.47 bits per heavy atom. The lowest BCUT2D eigenvalue weighted by molar-refractivity contribution is 0.159. The third-order valence-electron chi connectivity index (χ3n) is 3.90. The lowest BCUT2D eigenvalue weighted by Gasteiger charge is -2.21. The van der Waals surface area contributed by atoms with Gasteiger partial charge in [-0.15, -0.1) is 0 Å². The van der Waals surface area contributed by atoms with Gasteiger partial charge >= 0.3 is 0 Å². The molecule has 1 aromatic carbocycles. The Morgan fingerprint density at radius 2 is 2.37 bits per heavy atom. The topological polar surface area (TPSA) is 78.2 Å². The van der Waals surface area contributed by atoms with Crippen LogP contribution in [0.2, 0.25) is 0 Å². The Hall–Kier alpha value is -1.59. The van der Waals surface area contributed by atoms with E-state index in [1.165, 1.54) is 6.42 Å². The summed E-state index contributed by atoms with van der Waals surface area (Å²) in [6.45, 7) is 2.29. The number of nitrogens with zero attached hydrogens (tertiary/aromatic N) is 2. The van der Waals surface area contributed by atoms with E-state index < -0.39 is 0 Å². The number of imidazole rings is 1. The van der Waals surface area contributed by atoms with Crippen LogP contribution < -0.4 is 5.73 Å². The largest absolute Gasteiger partial charge is 0.399 e. The van der Waals surface area contributed by atoms with Crippen LogP contribution in [-0.4, -0.2) is 45.7 Å². The number of benzene rings is 1. The minimum atomic E-state index is 0.261. The van der Waals surface area contributed by atoms with Crippen LogP contribution in [0.15, 0.2) is 18.2 Å². The average Bonchev–Trinajstić information content (AvgIpc) is 3.01. The van der Waals surface area contributed by atoms with E-state index in [0.717, 1.165) is 48.5 Å². The van der Waals surface area contributed by atoms with E-state index in [1.54, 1.807) is 0 Å². The summed E-state index contributed by atoms with van der Waals surface area (Å²) in [5.74, 6) is 0.990. The fourth-order valence-electron chi connectivity index (χ4n) is 2.84. The van der Waals surface area contributed by atoms with Crippen molar-refractivity contribution in [1.29, 1.82) is 0 Å². The number of hydrogen-bond acceptors (Lipinski definition) is 4. The second-order valence-corrected chi connectivity index (χ2v) is 5.22. The summed E-state index contributed by atoms with van der Waals surface area (Å²) in [7, 11) is 0. The van der Waals surface area contributed by atoms with Crippen molar-refractivity contribution >= 4 is 16.7 Å². The first kappa shape index (κ1) is 12.4. The minimum absolute atomic E-state index is 0.261. The maximum Gasteiger partial charge on any atom is 0.108 e. The molecule has 0 saturated carbocycles. The Kier molecular flexibility index (Phi) is 3.40. The van der Waals surface area contributed by atoms with Gasteiger partial charge in [-0.3, -0.25) is 4.90 Å². The summed E-state index contributed by atoms with van der Waals surface area (Å²) >= 11 is 0. The van der Waals surface area contributed by atoms with Crippen LogP contribution in [0.25, 0.3) is 11.0 Å². The summed E-state index contributed by atoms with van der Waals surface area (Å²) in [4.78, 5) is 10.2. The molecule has 0 bridgehead atoms. The van der Waals surface area contributed by atoms with Crippen molar-refractivity contribution in [3.63, 3.8) is 0 Å². The van der Waals surface area contributed by atoms with Crippen LogP contribution in [0.5, 0.6) is 0 Å². The average molecular weight is 260 g/mol. The van der Waals surface area contributed by atoms with Gasteiger partial charge in [-0.1, -0.05) is 0 Å². The molecular formula is C14H20N4O. The van der Waals surface area contributed by atoms with Gasteiger partial charge in [-0.2, -0.15) is 0 Å². The lowest BCUT2D eigenvalue weighted by Crippen LogP contribution is -2.33. The number of hydrogen-bond donors (Lipinski definition) is 3. The third kappa shape index (κ3) is 2.57. The molecule has 1 unspecified atom stereocenters. The molecule has 1 aliphatic heterocycles. The van der Waals surface area contributed by atoms with Gasteiger partial charge in [0.25, 0.3) is 0 Å². The zero-order valence-electron chi connectivity index (χ0n) is 11.0. The lowest BCUT2D eigenvalue weighted by atomic mass is 10.2. The molecule has 102 valence electrons. The van der Waals surface area contributed by atoms with Crippen molar-refractivity contribution in [2.45, 2.75) is 25.3 Å². The summed E-state index contributed by atoms with van der Waals surface area (Å²) < 4.78 is 0. The Bertz CT molecular complexity index is 566. The molecule has 4 N–H and O–H groups in total. The van der Waals surface area contributed by atoms with Crippen LogP contribution in [-0.2, 0) is 6.42 Å². The number of fused-ring (bicyclic) bond motifs is 1. The van der Waals surface area contributed by atoms with E-state index in [2.05, 4.69) is 14.9 Å². The highest BCUT2D eigenvalue weighted by Crippen LogP contribution is 2.18. The number of rotatable bonds is 4. The predicted molar refractivity (Wildman–Crippen MR) is 75.9 cm³/mol. The standard InChI is InChI=1S/C14H20N4O/c15-10-3-4-12-13(8-10)17-14(16-12)5-7-18-6-1-2-11(18)9-19/h3-4,8,11,19H,1-2,5-7,9,15H2,(H,16,17). The SMILES string of the molecule is Nc1ccc2nc(CCN3CCCC3CO)[nH]c2c1. The van der Waals surface area contributed by atoms with Gasteiger partial charge < -0.3 is 15.8 Å². The first-order valence-corrected chi connectivity index (χ1v) is 6.85. The number of aliphatic hydroxyl groups excluding tert-OH is 1. The van der Waals surface area contributed by atoms with Gasteiger partial charge in [0.15, 0.2) is 0 Å². The molecule has 3 rings (SSSR count). The van der Waals surface area contributed by atoms with Crippen molar-refractivity contribution in [2.75, 3.05) is 25.4 Å². The highest BCUT2D eigenvalue weighted by Gasteiger charge is 2.23. The number of nitrogens with two attached hydrogens (primary N) is 1. The number of likely N-dealkylation sites (tertiary alicyclic amines) is 1. The molecule has 1 fully saturated rings. The predicted octanol–water partition coefficient (Wildman–Crippen LogP) is 1.14. The van der Waals surface area contributed by atoms with Gasteiger partial charge in [0.1, 0.15) is 5.82 Å². The monoisotopic (exact) mass is 260 g/mol. The summed E-state index contributed by atoms with van der Waals surface area (Å²) in [5, 5.41) is 9.30. The van der Waals surface area contributed by atoms with E-state index >= 15 is 0 Å². The fraction of sp³-hybridized carbons (Fsp3) is 0.500. The molecule has 1 aliphatic rings. The van der Waals surface area contributed by atoms with E-state index in [0.29, 0.717) is 6.04 Å². The van der Waals surface area contributed by atoms with Crippen LogP contribution in [0.4, 0.5) is 5.69 Å². The number of H-pyrrole nitrogens is 1. The molecule has 0 spiro atoms. The van der Waals surface area contributed by atoms with Crippen molar-refractivity contribution in [2.24, 2.45) is 0 Å². The zero-order valence-corrected chi connectivity index (χ0v) is 11.0. The maximum atomic E-state index is 9.30. The van der Waals surface area contributed by atoms with Crippen molar-refractivity contribution < 1.29 is 5.11 Å². The molecule has 0 aliphatic carbocycles. The molecule has 0 amide bonds. The summed E-state index contributed by atoms with van der Waals surface area (Å²) in [6.07, 6.45) is 3.17. The van der Waals surface area contributed by atoms with Gasteiger partial charge in [0.2, 0.25) is 0 Å². The fourth-order valence-corrected chi connectivity index (χ4v) is 2.84. The Morgan fingerprint density at radius 3 is 3.21 bits per heavy atom. The second kappa shape index (κ2) is 5.19. The Balaban J connectivity index is 1.68. The third-order valence-corrected chi connectivity index (χ3v) is 3.90. The van der Waals surface area contributed by atoms with Crippen LogP contribution in [0, 0.1) is 0 Å². The van der Waals surface area contributed by atoms with Crippen LogP contribution in [0.3, 0.4) is 0 Å². The van der Waals surface area contributed by atoms with E-state index in [4.69, 9.17) is 5.73 Å². The first-order valence-electron chi connectivity index (χ1n) is 6.85. The molecule has 0 radical (unpaired) electrons. The van der Waals surface area contributed by atoms with Crippen LogP contribution in [0.1, 0.15) is 18.7 Å². The molecule has 1 aromatic heterocycles. The first-order chi connectivity index (χ1) is 9.26. The number of aromatic amines is 1. The number of aromatic nitrogens is 2.